The summed E-state index contributed by atoms with van der Waals surface area (Å²) in [6.45, 7) is 1.86. The molecule has 0 aliphatic heterocycles. The summed E-state index contributed by atoms with van der Waals surface area (Å²) in [5.41, 5.74) is 2.68. The van der Waals surface area contributed by atoms with Gasteiger partial charge in [-0.25, -0.2) is 0 Å². The minimum Gasteiger partial charge on any atom is -0.508 e. The van der Waals surface area contributed by atoms with E-state index in [1.54, 1.807) is 12.1 Å². The van der Waals surface area contributed by atoms with Gasteiger partial charge in [0, 0.05) is 11.1 Å². The SMILES string of the molecule is Cc1c(O)cccc1-c1nnc(C(Cl)c2ccccc2)s1. The number of aromatic hydroxyl groups is 1. The quantitative estimate of drug-likeness (QED) is 0.721. The standard InChI is InChI=1S/C16H13ClN2OS/c1-10-12(8-5-9-13(10)20)15-18-19-16(21-15)14(17)11-6-3-2-4-7-11/h2-9,14,20H,1H3. The maximum Gasteiger partial charge on any atom is 0.148 e. The van der Waals surface area contributed by atoms with E-state index < -0.39 is 0 Å². The smallest absolute Gasteiger partial charge is 0.148 e. The third kappa shape index (κ3) is 2.77. The van der Waals surface area contributed by atoms with Gasteiger partial charge in [-0.3, -0.25) is 0 Å². The molecule has 3 aromatic rings. The molecule has 0 fully saturated rings. The molecule has 0 spiro atoms. The van der Waals surface area contributed by atoms with E-state index in [0.717, 1.165) is 26.7 Å². The van der Waals surface area contributed by atoms with Crippen LogP contribution in [-0.4, -0.2) is 15.3 Å². The van der Waals surface area contributed by atoms with Gasteiger partial charge in [-0.15, -0.1) is 21.8 Å². The summed E-state index contributed by atoms with van der Waals surface area (Å²) in [5, 5.41) is 19.4. The zero-order valence-corrected chi connectivity index (χ0v) is 12.9. The van der Waals surface area contributed by atoms with E-state index in [2.05, 4.69) is 10.2 Å². The Bertz CT molecular complexity index is 758. The van der Waals surface area contributed by atoms with Crippen LogP contribution >= 0.6 is 22.9 Å². The van der Waals surface area contributed by atoms with Crippen LogP contribution in [0.2, 0.25) is 0 Å². The predicted octanol–water partition coefficient (Wildman–Crippen LogP) is 4.55. The van der Waals surface area contributed by atoms with Crippen LogP contribution in [0.1, 0.15) is 21.5 Å². The summed E-state index contributed by atoms with van der Waals surface area (Å²) < 4.78 is 0. The highest BCUT2D eigenvalue weighted by atomic mass is 35.5. The number of nitrogens with zero attached hydrogens (tertiary/aromatic N) is 2. The van der Waals surface area contributed by atoms with Crippen molar-refractivity contribution in [1.29, 1.82) is 0 Å². The number of hydrogen-bond donors (Lipinski definition) is 1. The number of alkyl halides is 1. The molecule has 1 unspecified atom stereocenters. The van der Waals surface area contributed by atoms with Crippen LogP contribution in [0.5, 0.6) is 5.75 Å². The van der Waals surface area contributed by atoms with Gasteiger partial charge in [0.2, 0.25) is 0 Å². The molecule has 0 saturated heterocycles. The Morgan fingerprint density at radius 2 is 1.81 bits per heavy atom. The van der Waals surface area contributed by atoms with Crippen molar-refractivity contribution in [2.24, 2.45) is 0 Å². The largest absolute Gasteiger partial charge is 0.508 e. The first-order valence-electron chi connectivity index (χ1n) is 6.48. The average molecular weight is 317 g/mol. The van der Waals surface area contributed by atoms with Crippen molar-refractivity contribution < 1.29 is 5.11 Å². The van der Waals surface area contributed by atoms with Crippen LogP contribution in [0.25, 0.3) is 10.6 Å². The van der Waals surface area contributed by atoms with Gasteiger partial charge in [0.05, 0.1) is 0 Å². The minimum atomic E-state index is -0.310. The van der Waals surface area contributed by atoms with E-state index in [0.29, 0.717) is 0 Å². The lowest BCUT2D eigenvalue weighted by Crippen LogP contribution is -1.91. The molecule has 1 heterocycles. The molecule has 5 heteroatoms. The maximum absolute atomic E-state index is 9.79. The molecule has 0 bridgehead atoms. The molecule has 0 saturated carbocycles. The Morgan fingerprint density at radius 3 is 2.57 bits per heavy atom. The number of rotatable bonds is 3. The fourth-order valence-electron chi connectivity index (χ4n) is 2.07. The van der Waals surface area contributed by atoms with E-state index in [4.69, 9.17) is 11.6 Å². The van der Waals surface area contributed by atoms with Crippen LogP contribution in [-0.2, 0) is 0 Å². The first kappa shape index (κ1) is 14.0. The van der Waals surface area contributed by atoms with Gasteiger partial charge >= 0.3 is 0 Å². The van der Waals surface area contributed by atoms with Crippen molar-refractivity contribution in [3.63, 3.8) is 0 Å². The van der Waals surface area contributed by atoms with Crippen LogP contribution in [0.4, 0.5) is 0 Å². The molecule has 0 radical (unpaired) electrons. The highest BCUT2D eigenvalue weighted by Crippen LogP contribution is 2.36. The Labute approximate surface area is 131 Å². The molecule has 0 aliphatic rings. The number of halogens is 1. The number of phenols is 1. The summed E-state index contributed by atoms with van der Waals surface area (Å²) in [4.78, 5) is 0. The summed E-state index contributed by atoms with van der Waals surface area (Å²) in [6, 6.07) is 15.2. The van der Waals surface area contributed by atoms with Gasteiger partial charge in [-0.05, 0) is 18.6 Å². The molecular formula is C16H13ClN2OS. The Hall–Kier alpha value is -1.91. The molecule has 21 heavy (non-hydrogen) atoms. The molecule has 0 aliphatic carbocycles. The van der Waals surface area contributed by atoms with Gasteiger partial charge in [-0.2, -0.15) is 0 Å². The van der Waals surface area contributed by atoms with Crippen molar-refractivity contribution in [2.75, 3.05) is 0 Å². The molecule has 106 valence electrons. The predicted molar refractivity (Wildman–Crippen MR) is 85.9 cm³/mol. The van der Waals surface area contributed by atoms with E-state index in [-0.39, 0.29) is 11.1 Å². The second-order valence-corrected chi connectivity index (χ2v) is 6.11. The molecule has 3 rings (SSSR count). The second kappa shape index (κ2) is 5.84. The second-order valence-electron chi connectivity index (χ2n) is 4.67. The molecular weight excluding hydrogens is 304 g/mol. The lowest BCUT2D eigenvalue weighted by Gasteiger charge is -2.05. The monoisotopic (exact) mass is 316 g/mol. The zero-order chi connectivity index (χ0) is 14.8. The molecule has 2 aromatic carbocycles. The van der Waals surface area contributed by atoms with Crippen molar-refractivity contribution in [3.05, 3.63) is 64.7 Å². The first-order chi connectivity index (χ1) is 10.2. The molecule has 1 atom stereocenters. The Morgan fingerprint density at radius 1 is 1.05 bits per heavy atom. The summed E-state index contributed by atoms with van der Waals surface area (Å²) in [5.74, 6) is 0.259. The number of hydrogen-bond acceptors (Lipinski definition) is 4. The lowest BCUT2D eigenvalue weighted by atomic mass is 10.1. The van der Waals surface area contributed by atoms with Crippen molar-refractivity contribution in [3.8, 4) is 16.3 Å². The normalized spacial score (nSPS) is 12.3. The highest BCUT2D eigenvalue weighted by Gasteiger charge is 2.18. The van der Waals surface area contributed by atoms with Crippen LogP contribution < -0.4 is 0 Å². The van der Waals surface area contributed by atoms with E-state index >= 15 is 0 Å². The summed E-state index contributed by atoms with van der Waals surface area (Å²) >= 11 is 7.91. The van der Waals surface area contributed by atoms with Gasteiger partial charge < -0.3 is 5.11 Å². The van der Waals surface area contributed by atoms with E-state index in [9.17, 15) is 5.11 Å². The third-order valence-electron chi connectivity index (χ3n) is 3.29. The molecule has 1 N–H and O–H groups in total. The van der Waals surface area contributed by atoms with E-state index in [1.807, 2.05) is 43.3 Å². The van der Waals surface area contributed by atoms with Crippen LogP contribution in [0, 0.1) is 6.92 Å². The Kier molecular flexibility index (Phi) is 3.90. The van der Waals surface area contributed by atoms with Crippen molar-refractivity contribution in [1.82, 2.24) is 10.2 Å². The van der Waals surface area contributed by atoms with Gasteiger partial charge in [-0.1, -0.05) is 53.8 Å². The number of aromatic nitrogens is 2. The number of phenolic OH excluding ortho intramolecular Hbond substituents is 1. The van der Waals surface area contributed by atoms with Gasteiger partial charge in [0.25, 0.3) is 0 Å². The van der Waals surface area contributed by atoms with Crippen LogP contribution in [0.3, 0.4) is 0 Å². The lowest BCUT2D eigenvalue weighted by molar-refractivity contribution is 0.471. The van der Waals surface area contributed by atoms with Gasteiger partial charge in [0.1, 0.15) is 21.1 Å². The average Bonchev–Trinajstić information content (AvgIpc) is 3.00. The van der Waals surface area contributed by atoms with Gasteiger partial charge in [0.15, 0.2) is 0 Å². The molecule has 0 amide bonds. The fraction of sp³-hybridized carbons (Fsp3) is 0.125. The molecule has 1 aromatic heterocycles. The van der Waals surface area contributed by atoms with Crippen molar-refractivity contribution >= 4 is 22.9 Å². The van der Waals surface area contributed by atoms with Crippen LogP contribution in [0.15, 0.2) is 48.5 Å². The van der Waals surface area contributed by atoms with E-state index in [1.165, 1.54) is 11.3 Å². The fourth-order valence-corrected chi connectivity index (χ4v) is 3.32. The highest BCUT2D eigenvalue weighted by molar-refractivity contribution is 7.15. The summed E-state index contributed by atoms with van der Waals surface area (Å²) in [6.07, 6.45) is 0. The maximum atomic E-state index is 9.79. The third-order valence-corrected chi connectivity index (χ3v) is 4.89. The Balaban J connectivity index is 1.95. The van der Waals surface area contributed by atoms with Crippen molar-refractivity contribution in [2.45, 2.75) is 12.3 Å². The minimum absolute atomic E-state index is 0.259. The molecule has 3 nitrogen and oxygen atoms in total. The number of benzene rings is 2. The summed E-state index contributed by atoms with van der Waals surface area (Å²) in [7, 11) is 0. The topological polar surface area (TPSA) is 46.0 Å². The first-order valence-corrected chi connectivity index (χ1v) is 7.73. The zero-order valence-electron chi connectivity index (χ0n) is 11.3.